The van der Waals surface area contributed by atoms with Crippen molar-refractivity contribution in [1.82, 2.24) is 4.98 Å². The van der Waals surface area contributed by atoms with Crippen LogP contribution in [0.15, 0.2) is 27.1 Å². The molecule has 0 saturated heterocycles. The van der Waals surface area contributed by atoms with Crippen molar-refractivity contribution in [3.8, 4) is 0 Å². The van der Waals surface area contributed by atoms with E-state index in [4.69, 9.17) is 4.42 Å². The molecule has 2 rings (SSSR count). The largest absolute Gasteiger partial charge is 0.433 e. The molecule has 1 aromatic heterocycles. The summed E-state index contributed by atoms with van der Waals surface area (Å²) in [6, 6.07) is 5.00. The number of fused-ring (bicyclic) bond motifs is 1. The second-order valence-electron chi connectivity index (χ2n) is 2.60. The Kier molecular flexibility index (Phi) is 2.35. The number of aromatic nitrogens is 1. The molecule has 0 atom stereocenters. The number of alkyl halides is 3. The third-order valence-corrected chi connectivity index (χ3v) is 2.57. The molecule has 0 radical (unpaired) electrons. The van der Waals surface area contributed by atoms with Crippen molar-refractivity contribution in [3.63, 3.8) is 0 Å². The van der Waals surface area contributed by atoms with Gasteiger partial charge in [0.25, 0.3) is 5.89 Å². The van der Waals surface area contributed by atoms with Crippen molar-refractivity contribution in [2.24, 2.45) is 0 Å². The monoisotopic (exact) mass is 325 g/mol. The van der Waals surface area contributed by atoms with Crippen LogP contribution in [0.2, 0.25) is 0 Å². The minimum Gasteiger partial charge on any atom is -0.433 e. The zero-order valence-electron chi connectivity index (χ0n) is 6.60. The van der Waals surface area contributed by atoms with Crippen LogP contribution in [0.1, 0.15) is 5.89 Å². The Morgan fingerprint density at radius 3 is 2.64 bits per heavy atom. The Balaban J connectivity index is 2.69. The summed E-state index contributed by atoms with van der Waals surface area (Å²) < 4.78 is 31.0. The van der Waals surface area contributed by atoms with E-state index in [9.17, 15) is 8.78 Å². The summed E-state index contributed by atoms with van der Waals surface area (Å²) in [7, 11) is 0. The first-order chi connectivity index (χ1) is 6.48. The van der Waals surface area contributed by atoms with Gasteiger partial charge in [-0.1, -0.05) is 6.07 Å². The zero-order valence-corrected chi connectivity index (χ0v) is 9.77. The van der Waals surface area contributed by atoms with E-state index in [-0.39, 0.29) is 0 Å². The number of para-hydroxylation sites is 1. The Labute approximate surface area is 94.6 Å². The van der Waals surface area contributed by atoms with Gasteiger partial charge in [0, 0.05) is 15.9 Å². The van der Waals surface area contributed by atoms with Crippen molar-refractivity contribution in [2.75, 3.05) is 0 Å². The predicted molar refractivity (Wildman–Crippen MR) is 54.5 cm³/mol. The van der Waals surface area contributed by atoms with E-state index in [1.165, 1.54) is 0 Å². The standard InChI is InChI=1S/C8H3Br2F2NO/c9-4-2-1-3-5-6(4)14-7(13-5)8(10,11)12/h1-3H. The fourth-order valence-electron chi connectivity index (χ4n) is 1.04. The molecule has 74 valence electrons. The third kappa shape index (κ3) is 1.68. The van der Waals surface area contributed by atoms with Crippen molar-refractivity contribution >= 4 is 43.0 Å². The molecule has 0 aliphatic rings. The first-order valence-corrected chi connectivity index (χ1v) is 5.19. The number of benzene rings is 1. The lowest BCUT2D eigenvalue weighted by molar-refractivity contribution is 0.0823. The first kappa shape index (κ1) is 10.0. The number of hydrogen-bond donors (Lipinski definition) is 0. The van der Waals surface area contributed by atoms with Crippen LogP contribution in [-0.4, -0.2) is 4.98 Å². The molecular formula is C8H3Br2F2NO. The van der Waals surface area contributed by atoms with Crippen LogP contribution in [0.5, 0.6) is 0 Å². The zero-order chi connectivity index (χ0) is 10.3. The number of halogens is 4. The molecule has 0 aliphatic heterocycles. The number of oxazole rings is 1. The van der Waals surface area contributed by atoms with Gasteiger partial charge in [0.2, 0.25) is 0 Å². The van der Waals surface area contributed by atoms with Crippen LogP contribution in [0.25, 0.3) is 11.1 Å². The van der Waals surface area contributed by atoms with E-state index < -0.39 is 10.7 Å². The summed E-state index contributed by atoms with van der Waals surface area (Å²) in [5.41, 5.74) is 0.718. The highest BCUT2D eigenvalue weighted by molar-refractivity contribution is 9.10. The lowest BCUT2D eigenvalue weighted by Crippen LogP contribution is -2.01. The molecule has 0 saturated carbocycles. The van der Waals surface area contributed by atoms with Crippen molar-refractivity contribution in [3.05, 3.63) is 28.6 Å². The normalized spacial score (nSPS) is 12.3. The Morgan fingerprint density at radius 2 is 2.07 bits per heavy atom. The molecule has 1 aromatic carbocycles. The van der Waals surface area contributed by atoms with Gasteiger partial charge in [0.15, 0.2) is 5.58 Å². The fraction of sp³-hybridized carbons (Fsp3) is 0.125. The molecule has 0 bridgehead atoms. The van der Waals surface area contributed by atoms with Gasteiger partial charge in [0.05, 0.1) is 4.47 Å². The topological polar surface area (TPSA) is 26.0 Å². The SMILES string of the molecule is FC(F)(Br)c1nc2cccc(Br)c2o1. The summed E-state index contributed by atoms with van der Waals surface area (Å²) in [6.45, 7) is 0. The van der Waals surface area contributed by atoms with Gasteiger partial charge in [-0.3, -0.25) is 0 Å². The average Bonchev–Trinajstić information content (AvgIpc) is 2.48. The molecule has 14 heavy (non-hydrogen) atoms. The molecule has 6 heteroatoms. The van der Waals surface area contributed by atoms with Gasteiger partial charge in [-0.2, -0.15) is 8.78 Å². The Morgan fingerprint density at radius 1 is 1.36 bits per heavy atom. The first-order valence-electron chi connectivity index (χ1n) is 3.61. The Hall–Kier alpha value is -0.490. The highest BCUT2D eigenvalue weighted by Crippen LogP contribution is 2.36. The summed E-state index contributed by atoms with van der Waals surface area (Å²) in [5, 5.41) is 0. The van der Waals surface area contributed by atoms with E-state index in [1.54, 1.807) is 18.2 Å². The van der Waals surface area contributed by atoms with Gasteiger partial charge in [-0.05, 0) is 28.1 Å². The smallest absolute Gasteiger partial charge is 0.375 e. The minimum atomic E-state index is -3.23. The maximum Gasteiger partial charge on any atom is 0.375 e. The summed E-state index contributed by atoms with van der Waals surface area (Å²) >= 11 is 5.37. The van der Waals surface area contributed by atoms with Crippen LogP contribution in [0.3, 0.4) is 0 Å². The molecule has 2 nitrogen and oxygen atoms in total. The second kappa shape index (κ2) is 3.27. The van der Waals surface area contributed by atoms with Crippen LogP contribution in [-0.2, 0) is 4.83 Å². The van der Waals surface area contributed by atoms with Crippen LogP contribution < -0.4 is 0 Å². The summed E-state index contributed by atoms with van der Waals surface area (Å²) in [4.78, 5) is 0.421. The molecular weight excluding hydrogens is 324 g/mol. The molecule has 0 spiro atoms. The minimum absolute atomic E-state index is 0.321. The lowest BCUT2D eigenvalue weighted by Gasteiger charge is -1.99. The van der Waals surface area contributed by atoms with E-state index in [1.807, 2.05) is 0 Å². The highest BCUT2D eigenvalue weighted by Gasteiger charge is 2.34. The molecule has 2 aromatic rings. The average molecular weight is 327 g/mol. The van der Waals surface area contributed by atoms with Crippen LogP contribution >= 0.6 is 31.9 Å². The van der Waals surface area contributed by atoms with Crippen molar-refractivity contribution < 1.29 is 13.2 Å². The number of nitrogens with zero attached hydrogens (tertiary/aromatic N) is 1. The van der Waals surface area contributed by atoms with Gasteiger partial charge >= 0.3 is 4.83 Å². The maximum atomic E-state index is 12.8. The van der Waals surface area contributed by atoms with Gasteiger partial charge < -0.3 is 4.42 Å². The number of rotatable bonds is 1. The molecule has 0 unspecified atom stereocenters. The van der Waals surface area contributed by atoms with Crippen LogP contribution in [0, 0.1) is 0 Å². The quantitative estimate of drug-likeness (QED) is 0.739. The maximum absolute atomic E-state index is 12.8. The fourth-order valence-corrected chi connectivity index (χ4v) is 1.64. The molecule has 0 fully saturated rings. The van der Waals surface area contributed by atoms with Crippen molar-refractivity contribution in [1.29, 1.82) is 0 Å². The van der Waals surface area contributed by atoms with Crippen molar-refractivity contribution in [2.45, 2.75) is 4.83 Å². The van der Waals surface area contributed by atoms with E-state index in [0.717, 1.165) is 0 Å². The van der Waals surface area contributed by atoms with Gasteiger partial charge in [-0.25, -0.2) is 4.98 Å². The van der Waals surface area contributed by atoms with E-state index in [0.29, 0.717) is 15.6 Å². The van der Waals surface area contributed by atoms with Gasteiger partial charge in [0.1, 0.15) is 5.52 Å². The molecule has 0 aliphatic carbocycles. The summed E-state index contributed by atoms with van der Waals surface area (Å²) in [5.74, 6) is -0.639. The summed E-state index contributed by atoms with van der Waals surface area (Å²) in [6.07, 6.45) is 0. The Bertz CT molecular complexity index is 478. The molecule has 1 heterocycles. The highest BCUT2D eigenvalue weighted by atomic mass is 79.9. The van der Waals surface area contributed by atoms with Crippen LogP contribution in [0.4, 0.5) is 8.78 Å². The van der Waals surface area contributed by atoms with E-state index >= 15 is 0 Å². The van der Waals surface area contributed by atoms with E-state index in [2.05, 4.69) is 36.8 Å². The third-order valence-electron chi connectivity index (χ3n) is 1.61. The van der Waals surface area contributed by atoms with Gasteiger partial charge in [-0.15, -0.1) is 0 Å². The number of hydrogen-bond acceptors (Lipinski definition) is 2. The predicted octanol–water partition coefficient (Wildman–Crippen LogP) is 4.03. The second-order valence-corrected chi connectivity index (χ2v) is 4.46. The molecule has 0 amide bonds. The lowest BCUT2D eigenvalue weighted by atomic mass is 10.3. The molecule has 0 N–H and O–H groups in total.